The molecular formula is C24H25N3O4S. The zero-order valence-electron chi connectivity index (χ0n) is 17.7. The number of piperidine rings is 1. The summed E-state index contributed by atoms with van der Waals surface area (Å²) in [5.74, 6) is 0.0815. The minimum Gasteiger partial charge on any atom is -0.476 e. The Morgan fingerprint density at radius 3 is 2.62 bits per heavy atom. The third kappa shape index (κ3) is 4.07. The van der Waals surface area contributed by atoms with Gasteiger partial charge in [-0.2, -0.15) is 0 Å². The molecule has 0 saturated carbocycles. The van der Waals surface area contributed by atoms with E-state index in [1.807, 2.05) is 47.4 Å². The second-order valence-electron chi connectivity index (χ2n) is 8.26. The van der Waals surface area contributed by atoms with Gasteiger partial charge in [0, 0.05) is 24.4 Å². The van der Waals surface area contributed by atoms with Gasteiger partial charge in [-0.05, 0) is 43.5 Å². The molecule has 5 rings (SSSR count). The average molecular weight is 452 g/mol. The standard InChI is InChI=1S/C24H25N3O4S/c28-22(14-21-23(29)25-16-8-2-5-11-20(16)32-21)27-15-19(24(30)26-12-6-1-7-13-26)31-18-10-4-3-9-17(18)27/h2-5,8-11,19,21H,1,6-7,12-15H2,(H,25,29)/t19-,21+/m1/s1. The summed E-state index contributed by atoms with van der Waals surface area (Å²) in [6, 6.07) is 14.8. The summed E-state index contributed by atoms with van der Waals surface area (Å²) in [6.45, 7) is 1.61. The zero-order valence-corrected chi connectivity index (χ0v) is 18.5. The van der Waals surface area contributed by atoms with Crippen LogP contribution in [-0.4, -0.2) is 53.6 Å². The Labute approximate surface area is 191 Å². The quantitative estimate of drug-likeness (QED) is 0.775. The Morgan fingerprint density at radius 2 is 1.78 bits per heavy atom. The lowest BCUT2D eigenvalue weighted by molar-refractivity contribution is -0.139. The van der Waals surface area contributed by atoms with Gasteiger partial charge in [-0.25, -0.2) is 0 Å². The van der Waals surface area contributed by atoms with Crippen molar-refractivity contribution < 1.29 is 19.1 Å². The number of amides is 3. The lowest BCUT2D eigenvalue weighted by Crippen LogP contribution is -2.53. The van der Waals surface area contributed by atoms with Gasteiger partial charge in [0.1, 0.15) is 5.75 Å². The van der Waals surface area contributed by atoms with Gasteiger partial charge in [0.25, 0.3) is 5.91 Å². The molecule has 3 aliphatic rings. The molecule has 0 spiro atoms. The number of benzene rings is 2. The fourth-order valence-electron chi connectivity index (χ4n) is 4.41. The number of likely N-dealkylation sites (tertiary alicyclic amines) is 1. The molecular weight excluding hydrogens is 426 g/mol. The van der Waals surface area contributed by atoms with Gasteiger partial charge >= 0.3 is 0 Å². The molecule has 32 heavy (non-hydrogen) atoms. The van der Waals surface area contributed by atoms with Crippen molar-refractivity contribution in [2.75, 3.05) is 29.9 Å². The molecule has 0 unspecified atom stereocenters. The predicted molar refractivity (Wildman–Crippen MR) is 123 cm³/mol. The topological polar surface area (TPSA) is 79.0 Å². The molecule has 3 aliphatic heterocycles. The van der Waals surface area contributed by atoms with Gasteiger partial charge in [-0.1, -0.05) is 24.3 Å². The van der Waals surface area contributed by atoms with Gasteiger partial charge < -0.3 is 19.9 Å². The third-order valence-electron chi connectivity index (χ3n) is 6.08. The van der Waals surface area contributed by atoms with E-state index >= 15 is 0 Å². The Kier molecular flexibility index (Phi) is 5.78. The van der Waals surface area contributed by atoms with Crippen LogP contribution in [0, 0.1) is 0 Å². The minimum absolute atomic E-state index is 0.0454. The second-order valence-corrected chi connectivity index (χ2v) is 9.51. The first-order valence-corrected chi connectivity index (χ1v) is 11.9. The van der Waals surface area contributed by atoms with Crippen LogP contribution in [0.25, 0.3) is 0 Å². The Hall–Kier alpha value is -3.00. The summed E-state index contributed by atoms with van der Waals surface area (Å²) < 4.78 is 6.02. The first-order valence-electron chi connectivity index (χ1n) is 11.0. The maximum atomic E-state index is 13.4. The van der Waals surface area contributed by atoms with Crippen LogP contribution in [0.3, 0.4) is 0 Å². The van der Waals surface area contributed by atoms with Crippen LogP contribution in [0.2, 0.25) is 0 Å². The molecule has 0 bridgehead atoms. The van der Waals surface area contributed by atoms with Gasteiger partial charge in [0.2, 0.25) is 11.8 Å². The van der Waals surface area contributed by atoms with Crippen molar-refractivity contribution >= 4 is 40.9 Å². The van der Waals surface area contributed by atoms with Crippen LogP contribution < -0.4 is 15.0 Å². The molecule has 3 heterocycles. The molecule has 0 aromatic heterocycles. The maximum absolute atomic E-state index is 13.4. The number of ether oxygens (including phenoxy) is 1. The molecule has 1 fully saturated rings. The molecule has 1 saturated heterocycles. The van der Waals surface area contributed by atoms with E-state index in [-0.39, 0.29) is 30.7 Å². The second kappa shape index (κ2) is 8.86. The first-order chi connectivity index (χ1) is 15.6. The van der Waals surface area contributed by atoms with E-state index in [2.05, 4.69) is 5.32 Å². The largest absolute Gasteiger partial charge is 0.476 e. The van der Waals surface area contributed by atoms with Crippen LogP contribution in [0.1, 0.15) is 25.7 Å². The zero-order chi connectivity index (χ0) is 22.1. The maximum Gasteiger partial charge on any atom is 0.265 e. The molecule has 166 valence electrons. The number of nitrogens with zero attached hydrogens (tertiary/aromatic N) is 2. The molecule has 0 radical (unpaired) electrons. The van der Waals surface area contributed by atoms with E-state index in [1.54, 1.807) is 11.0 Å². The van der Waals surface area contributed by atoms with Crippen molar-refractivity contribution in [3.8, 4) is 5.75 Å². The summed E-state index contributed by atoms with van der Waals surface area (Å²) in [4.78, 5) is 43.5. The summed E-state index contributed by atoms with van der Waals surface area (Å²) >= 11 is 1.40. The number of hydrogen-bond acceptors (Lipinski definition) is 5. The van der Waals surface area contributed by atoms with Gasteiger partial charge in [-0.3, -0.25) is 14.4 Å². The number of anilines is 2. The van der Waals surface area contributed by atoms with Crippen molar-refractivity contribution in [1.82, 2.24) is 4.90 Å². The van der Waals surface area contributed by atoms with Crippen molar-refractivity contribution in [2.45, 2.75) is 41.9 Å². The first kappa shape index (κ1) is 20.9. The summed E-state index contributed by atoms with van der Waals surface area (Å²) in [6.07, 6.45) is 2.43. The van der Waals surface area contributed by atoms with E-state index in [0.29, 0.717) is 11.4 Å². The highest BCUT2D eigenvalue weighted by atomic mass is 32.2. The number of para-hydroxylation sites is 3. The van der Waals surface area contributed by atoms with Crippen LogP contribution in [-0.2, 0) is 14.4 Å². The number of fused-ring (bicyclic) bond motifs is 2. The van der Waals surface area contributed by atoms with E-state index in [1.165, 1.54) is 11.8 Å². The molecule has 7 nitrogen and oxygen atoms in total. The van der Waals surface area contributed by atoms with Crippen molar-refractivity contribution in [3.05, 3.63) is 48.5 Å². The predicted octanol–water partition coefficient (Wildman–Crippen LogP) is 3.30. The number of carbonyl (C=O) groups is 3. The van der Waals surface area contributed by atoms with E-state index in [4.69, 9.17) is 4.74 Å². The van der Waals surface area contributed by atoms with Crippen molar-refractivity contribution in [2.24, 2.45) is 0 Å². The van der Waals surface area contributed by atoms with Crippen LogP contribution >= 0.6 is 11.8 Å². The Morgan fingerprint density at radius 1 is 1.03 bits per heavy atom. The normalized spacial score (nSPS) is 22.3. The lowest BCUT2D eigenvalue weighted by atomic mass is 10.1. The molecule has 8 heteroatoms. The smallest absolute Gasteiger partial charge is 0.265 e. The Bertz CT molecular complexity index is 1050. The molecule has 2 aromatic rings. The fourth-order valence-corrected chi connectivity index (χ4v) is 5.51. The Balaban J connectivity index is 1.35. The molecule has 2 atom stereocenters. The fraction of sp³-hybridized carbons (Fsp3) is 0.375. The summed E-state index contributed by atoms with van der Waals surface area (Å²) in [5.41, 5.74) is 1.41. The monoisotopic (exact) mass is 451 g/mol. The van der Waals surface area contributed by atoms with Crippen molar-refractivity contribution in [1.29, 1.82) is 0 Å². The lowest BCUT2D eigenvalue weighted by Gasteiger charge is -2.37. The number of thioether (sulfide) groups is 1. The van der Waals surface area contributed by atoms with Gasteiger partial charge in [0.15, 0.2) is 6.10 Å². The number of hydrogen-bond donors (Lipinski definition) is 1. The summed E-state index contributed by atoms with van der Waals surface area (Å²) in [5, 5.41) is 2.37. The highest BCUT2D eigenvalue weighted by Crippen LogP contribution is 2.39. The molecule has 0 aliphatic carbocycles. The van der Waals surface area contributed by atoms with E-state index in [0.717, 1.165) is 42.9 Å². The molecule has 2 aromatic carbocycles. The molecule has 3 amide bonds. The highest BCUT2D eigenvalue weighted by molar-refractivity contribution is 8.01. The summed E-state index contributed by atoms with van der Waals surface area (Å²) in [7, 11) is 0. The van der Waals surface area contributed by atoms with Crippen LogP contribution in [0.15, 0.2) is 53.4 Å². The minimum atomic E-state index is -0.736. The number of rotatable bonds is 3. The van der Waals surface area contributed by atoms with Crippen molar-refractivity contribution in [3.63, 3.8) is 0 Å². The number of carbonyl (C=O) groups excluding carboxylic acids is 3. The number of nitrogens with one attached hydrogen (secondary N) is 1. The van der Waals surface area contributed by atoms with E-state index in [9.17, 15) is 14.4 Å². The average Bonchev–Trinajstić information content (AvgIpc) is 2.83. The molecule has 1 N–H and O–H groups in total. The van der Waals surface area contributed by atoms with Gasteiger partial charge in [0.05, 0.1) is 23.2 Å². The van der Waals surface area contributed by atoms with E-state index < -0.39 is 11.4 Å². The highest BCUT2D eigenvalue weighted by Gasteiger charge is 2.38. The third-order valence-corrected chi connectivity index (χ3v) is 7.36. The van der Waals surface area contributed by atoms with Crippen LogP contribution in [0.5, 0.6) is 5.75 Å². The van der Waals surface area contributed by atoms with Crippen LogP contribution in [0.4, 0.5) is 11.4 Å². The van der Waals surface area contributed by atoms with Gasteiger partial charge in [-0.15, -0.1) is 11.8 Å². The SMILES string of the molecule is O=C1Nc2ccccc2S[C@H]1CC(=O)N1C[C@H](C(=O)N2CCCCC2)Oc2ccccc21.